The van der Waals surface area contributed by atoms with Crippen LogP contribution >= 0.6 is 0 Å². The normalized spacial score (nSPS) is 11.3. The highest BCUT2D eigenvalue weighted by molar-refractivity contribution is 6.13. The molecular formula is C32H27FN4O3. The molecule has 1 amide bonds. The van der Waals surface area contributed by atoms with Crippen molar-refractivity contribution in [2.24, 2.45) is 0 Å². The molecule has 0 unspecified atom stereocenters. The predicted molar refractivity (Wildman–Crippen MR) is 155 cm³/mol. The molecule has 0 radical (unpaired) electrons. The fourth-order valence-electron chi connectivity index (χ4n) is 5.00. The van der Waals surface area contributed by atoms with E-state index >= 15 is 0 Å². The van der Waals surface area contributed by atoms with Gasteiger partial charge in [0.2, 0.25) is 5.89 Å². The third-order valence-electron chi connectivity index (χ3n) is 6.92. The lowest BCUT2D eigenvalue weighted by Crippen LogP contribution is -2.19. The lowest BCUT2D eigenvalue weighted by atomic mass is 9.96. The first-order valence-electron chi connectivity index (χ1n) is 13.1. The molecule has 6 aromatic rings. The molecule has 0 spiro atoms. The van der Waals surface area contributed by atoms with Crippen molar-refractivity contribution in [1.29, 1.82) is 0 Å². The molecule has 3 heterocycles. The Morgan fingerprint density at radius 1 is 0.950 bits per heavy atom. The Hall–Kier alpha value is -4.98. The molecule has 0 aliphatic heterocycles. The molecule has 8 heteroatoms. The van der Waals surface area contributed by atoms with Gasteiger partial charge < -0.3 is 19.1 Å². The minimum Gasteiger partial charge on any atom is -0.455 e. The summed E-state index contributed by atoms with van der Waals surface area (Å²) in [6.07, 6.45) is 2.64. The van der Waals surface area contributed by atoms with Crippen molar-refractivity contribution in [2.75, 3.05) is 25.5 Å². The lowest BCUT2D eigenvalue weighted by molar-refractivity contribution is 0.0964. The van der Waals surface area contributed by atoms with Crippen LogP contribution in [0.3, 0.4) is 0 Å². The molecule has 6 rings (SSSR count). The van der Waals surface area contributed by atoms with E-state index < -0.39 is 0 Å². The Bertz CT molecular complexity index is 1820. The summed E-state index contributed by atoms with van der Waals surface area (Å²) in [6.45, 7) is 2.95. The Morgan fingerprint density at radius 3 is 2.50 bits per heavy atom. The third kappa shape index (κ3) is 4.47. The predicted octanol–water partition coefficient (Wildman–Crippen LogP) is 7.31. The van der Waals surface area contributed by atoms with E-state index in [1.54, 1.807) is 25.4 Å². The van der Waals surface area contributed by atoms with Crippen molar-refractivity contribution < 1.29 is 18.0 Å². The monoisotopic (exact) mass is 534 g/mol. The average molecular weight is 535 g/mol. The number of hydrogen-bond acceptors (Lipinski definition) is 6. The first kappa shape index (κ1) is 25.3. The van der Waals surface area contributed by atoms with Gasteiger partial charge in [0, 0.05) is 60.7 Å². The van der Waals surface area contributed by atoms with E-state index in [0.717, 1.165) is 35.3 Å². The number of nitrogens with zero attached hydrogens (tertiary/aromatic N) is 3. The number of benzene rings is 3. The number of anilines is 1. The third-order valence-corrected chi connectivity index (χ3v) is 6.92. The van der Waals surface area contributed by atoms with Gasteiger partial charge in [-0.15, -0.1) is 0 Å². The number of pyridine rings is 1. The van der Waals surface area contributed by atoms with Crippen LogP contribution in [0.5, 0.6) is 0 Å². The molecule has 3 aromatic heterocycles. The summed E-state index contributed by atoms with van der Waals surface area (Å²) >= 11 is 0. The highest BCUT2D eigenvalue weighted by Gasteiger charge is 2.24. The largest absolute Gasteiger partial charge is 0.455 e. The molecule has 3 aromatic carbocycles. The van der Waals surface area contributed by atoms with Gasteiger partial charge in [0.1, 0.15) is 17.2 Å². The summed E-state index contributed by atoms with van der Waals surface area (Å²) in [4.78, 5) is 24.2. The summed E-state index contributed by atoms with van der Waals surface area (Å²) in [5.74, 6) is 0.226. The van der Waals surface area contributed by atoms with Crippen molar-refractivity contribution in [3.05, 3.63) is 90.4 Å². The van der Waals surface area contributed by atoms with Crippen LogP contribution in [0, 0.1) is 5.82 Å². The van der Waals surface area contributed by atoms with Gasteiger partial charge in [0.05, 0.1) is 5.56 Å². The second-order valence-corrected chi connectivity index (χ2v) is 9.60. The summed E-state index contributed by atoms with van der Waals surface area (Å²) in [5, 5.41) is 3.40. The van der Waals surface area contributed by atoms with Gasteiger partial charge in [0.25, 0.3) is 5.91 Å². The maximum Gasteiger partial charge on any atom is 0.255 e. The van der Waals surface area contributed by atoms with Crippen LogP contribution in [0.4, 0.5) is 10.1 Å². The molecule has 1 N–H and O–H groups in total. The second kappa shape index (κ2) is 10.3. The Kier molecular flexibility index (Phi) is 6.51. The number of hydrogen-bond donors (Lipinski definition) is 1. The van der Waals surface area contributed by atoms with Crippen LogP contribution in [-0.4, -0.2) is 36.5 Å². The van der Waals surface area contributed by atoms with Crippen molar-refractivity contribution in [2.45, 2.75) is 13.3 Å². The van der Waals surface area contributed by atoms with E-state index in [4.69, 9.17) is 8.83 Å². The summed E-state index contributed by atoms with van der Waals surface area (Å²) < 4.78 is 25.9. The fraction of sp³-hybridized carbons (Fsp3) is 0.156. The molecule has 0 fully saturated rings. The van der Waals surface area contributed by atoms with Gasteiger partial charge >= 0.3 is 0 Å². The molecular weight excluding hydrogens is 507 g/mol. The zero-order chi connectivity index (χ0) is 27.8. The van der Waals surface area contributed by atoms with E-state index in [-0.39, 0.29) is 11.7 Å². The smallest absolute Gasteiger partial charge is 0.255 e. The van der Waals surface area contributed by atoms with Crippen molar-refractivity contribution in [3.8, 4) is 33.9 Å². The molecule has 0 aliphatic rings. The zero-order valence-electron chi connectivity index (χ0n) is 22.4. The number of nitrogens with one attached hydrogen (secondary N) is 1. The molecule has 200 valence electrons. The van der Waals surface area contributed by atoms with Crippen LogP contribution in [0.25, 0.3) is 56.1 Å². The van der Waals surface area contributed by atoms with Crippen LogP contribution in [0.2, 0.25) is 0 Å². The van der Waals surface area contributed by atoms with E-state index in [2.05, 4.69) is 27.1 Å². The van der Waals surface area contributed by atoms with E-state index in [9.17, 15) is 9.18 Å². The minimum atomic E-state index is -0.360. The van der Waals surface area contributed by atoms with Gasteiger partial charge in [-0.1, -0.05) is 19.1 Å². The SMILES string of the molecule is CCCN(C)c1cc2oc(-c3ccc(F)cc3)c(C(=O)NC)c2cc1-c1cccc(-c2nc3ncccc3o2)c1. The van der Waals surface area contributed by atoms with Gasteiger partial charge in [-0.2, -0.15) is 4.98 Å². The maximum atomic E-state index is 13.7. The minimum absolute atomic E-state index is 0.286. The fourth-order valence-corrected chi connectivity index (χ4v) is 5.00. The molecule has 0 aliphatic carbocycles. The number of halogens is 1. The standard InChI is InChI=1S/C32H27FN4O3/c1-4-15-37(3)25-18-27-24(28(31(38)34-2)29(39-27)19-10-12-22(33)13-11-19)17-23(25)20-7-5-8-21(16-20)32-36-30-26(40-32)9-6-14-35-30/h5-14,16-18H,4,15H2,1-3H3,(H,34,38). The van der Waals surface area contributed by atoms with Gasteiger partial charge in [-0.3, -0.25) is 4.79 Å². The van der Waals surface area contributed by atoms with Gasteiger partial charge in [-0.05, 0) is 66.6 Å². The molecule has 0 saturated heterocycles. The van der Waals surface area contributed by atoms with Crippen LogP contribution in [0.1, 0.15) is 23.7 Å². The highest BCUT2D eigenvalue weighted by Crippen LogP contribution is 2.41. The first-order chi connectivity index (χ1) is 19.5. The maximum absolute atomic E-state index is 13.7. The van der Waals surface area contributed by atoms with E-state index in [1.807, 2.05) is 55.6 Å². The Labute approximate surface area is 230 Å². The van der Waals surface area contributed by atoms with Crippen molar-refractivity contribution in [3.63, 3.8) is 0 Å². The number of amides is 1. The van der Waals surface area contributed by atoms with Gasteiger partial charge in [0.15, 0.2) is 11.2 Å². The van der Waals surface area contributed by atoms with Crippen LogP contribution < -0.4 is 10.2 Å². The van der Waals surface area contributed by atoms with Crippen LogP contribution in [-0.2, 0) is 0 Å². The molecule has 7 nitrogen and oxygen atoms in total. The average Bonchev–Trinajstić information content (AvgIpc) is 3.58. The first-order valence-corrected chi connectivity index (χ1v) is 13.1. The summed E-state index contributed by atoms with van der Waals surface area (Å²) in [7, 11) is 3.62. The topological polar surface area (TPSA) is 84.4 Å². The number of oxazole rings is 1. The van der Waals surface area contributed by atoms with E-state index in [0.29, 0.717) is 45.0 Å². The summed E-state index contributed by atoms with van der Waals surface area (Å²) in [5.41, 5.74) is 6.38. The highest BCUT2D eigenvalue weighted by atomic mass is 19.1. The number of rotatable bonds is 7. The van der Waals surface area contributed by atoms with Crippen LogP contribution in [0.15, 0.2) is 87.8 Å². The lowest BCUT2D eigenvalue weighted by Gasteiger charge is -2.22. The van der Waals surface area contributed by atoms with E-state index in [1.165, 1.54) is 12.1 Å². The number of carbonyl (C=O) groups is 1. The summed E-state index contributed by atoms with van der Waals surface area (Å²) in [6, 6.07) is 21.5. The Morgan fingerprint density at radius 2 is 1.75 bits per heavy atom. The second-order valence-electron chi connectivity index (χ2n) is 9.60. The number of carbonyl (C=O) groups excluding carboxylic acids is 1. The quantitative estimate of drug-likeness (QED) is 0.231. The molecule has 0 atom stereocenters. The molecule has 40 heavy (non-hydrogen) atoms. The number of aromatic nitrogens is 2. The molecule has 0 saturated carbocycles. The number of furan rings is 1. The number of fused-ring (bicyclic) bond motifs is 2. The molecule has 0 bridgehead atoms. The van der Waals surface area contributed by atoms with Gasteiger partial charge in [-0.25, -0.2) is 9.37 Å². The van der Waals surface area contributed by atoms with Crippen molar-refractivity contribution >= 4 is 33.8 Å². The zero-order valence-corrected chi connectivity index (χ0v) is 22.4. The Balaban J connectivity index is 1.57. The van der Waals surface area contributed by atoms with Crippen molar-refractivity contribution in [1.82, 2.24) is 15.3 Å².